The van der Waals surface area contributed by atoms with Crippen LogP contribution in [0, 0.1) is 5.92 Å². The summed E-state index contributed by atoms with van der Waals surface area (Å²) in [7, 11) is 1.62. The number of nitrogens with zero attached hydrogens (tertiary/aromatic N) is 1. The molecule has 0 aromatic heterocycles. The van der Waals surface area contributed by atoms with Gasteiger partial charge in [-0.1, -0.05) is 0 Å². The van der Waals surface area contributed by atoms with Gasteiger partial charge in [-0.05, 0) is 37.1 Å². The molecule has 1 aromatic rings. The normalized spacial score (nSPS) is 15.3. The first-order valence-corrected chi connectivity index (χ1v) is 7.67. The van der Waals surface area contributed by atoms with Crippen LogP contribution in [0.5, 0.6) is 5.75 Å². The first-order valence-electron chi connectivity index (χ1n) is 7.67. The number of carbonyl (C=O) groups excluding carboxylic acids is 2. The number of hydrogen-bond acceptors (Lipinski definition) is 5. The number of methoxy groups -OCH3 is 1. The van der Waals surface area contributed by atoms with Crippen molar-refractivity contribution < 1.29 is 19.1 Å². The van der Waals surface area contributed by atoms with Gasteiger partial charge < -0.3 is 14.4 Å². The van der Waals surface area contributed by atoms with Crippen molar-refractivity contribution in [3.8, 4) is 5.75 Å². The molecule has 0 aliphatic carbocycles. The second-order valence-electron chi connectivity index (χ2n) is 5.44. The van der Waals surface area contributed by atoms with Gasteiger partial charge in [0.05, 0.1) is 6.61 Å². The van der Waals surface area contributed by atoms with Gasteiger partial charge in [-0.2, -0.15) is 0 Å². The highest BCUT2D eigenvalue weighted by molar-refractivity contribution is 5.94. The summed E-state index contributed by atoms with van der Waals surface area (Å²) in [4.78, 5) is 25.7. The molecule has 0 radical (unpaired) electrons. The highest BCUT2D eigenvalue weighted by Crippen LogP contribution is 2.20. The second-order valence-corrected chi connectivity index (χ2v) is 5.44. The third kappa shape index (κ3) is 4.67. The summed E-state index contributed by atoms with van der Waals surface area (Å²) < 4.78 is 10.4. The maximum absolute atomic E-state index is 12.5. The van der Waals surface area contributed by atoms with E-state index < -0.39 is 0 Å². The Morgan fingerprint density at radius 2 is 1.87 bits per heavy atom. The van der Waals surface area contributed by atoms with E-state index in [1.54, 1.807) is 36.3 Å². The first-order chi connectivity index (χ1) is 11.2. The number of ether oxygens (including phenoxy) is 2. The number of piperidine rings is 1. The van der Waals surface area contributed by atoms with Crippen molar-refractivity contribution in [3.05, 3.63) is 29.8 Å². The SMILES string of the molecule is COCCOc1ccc(C(=O)N2CCC(C(=O)NN)CC2)cc1. The van der Waals surface area contributed by atoms with E-state index in [2.05, 4.69) is 5.43 Å². The summed E-state index contributed by atoms with van der Waals surface area (Å²) in [6.45, 7) is 2.11. The van der Waals surface area contributed by atoms with E-state index in [-0.39, 0.29) is 17.7 Å². The van der Waals surface area contributed by atoms with E-state index in [0.29, 0.717) is 50.5 Å². The Kier molecular flexibility index (Phi) is 6.37. The molecule has 1 fully saturated rings. The molecule has 126 valence electrons. The van der Waals surface area contributed by atoms with E-state index in [0.717, 1.165) is 0 Å². The standard InChI is InChI=1S/C16H23N3O4/c1-22-10-11-23-14-4-2-13(3-5-14)16(21)19-8-6-12(7-9-19)15(20)18-17/h2-5,12H,6-11,17H2,1H3,(H,18,20). The molecule has 1 aromatic carbocycles. The lowest BCUT2D eigenvalue weighted by Crippen LogP contribution is -2.44. The fourth-order valence-corrected chi connectivity index (χ4v) is 2.58. The molecule has 1 saturated heterocycles. The van der Waals surface area contributed by atoms with Crippen LogP contribution in [0.15, 0.2) is 24.3 Å². The topological polar surface area (TPSA) is 93.9 Å². The fraction of sp³-hybridized carbons (Fsp3) is 0.500. The number of amides is 2. The number of hydrazine groups is 1. The highest BCUT2D eigenvalue weighted by Gasteiger charge is 2.27. The Morgan fingerprint density at radius 3 is 2.43 bits per heavy atom. The smallest absolute Gasteiger partial charge is 0.253 e. The molecule has 3 N–H and O–H groups in total. The molecule has 23 heavy (non-hydrogen) atoms. The van der Waals surface area contributed by atoms with Crippen LogP contribution in [0.2, 0.25) is 0 Å². The molecule has 2 amide bonds. The highest BCUT2D eigenvalue weighted by atomic mass is 16.5. The van der Waals surface area contributed by atoms with E-state index >= 15 is 0 Å². The minimum absolute atomic E-state index is 0.0277. The number of carbonyl (C=O) groups is 2. The zero-order valence-corrected chi connectivity index (χ0v) is 13.3. The van der Waals surface area contributed by atoms with Crippen molar-refractivity contribution in [2.75, 3.05) is 33.4 Å². The van der Waals surface area contributed by atoms with Gasteiger partial charge in [0.25, 0.3) is 5.91 Å². The molecule has 0 saturated carbocycles. The van der Waals surface area contributed by atoms with E-state index in [9.17, 15) is 9.59 Å². The molecule has 2 rings (SSSR count). The van der Waals surface area contributed by atoms with Crippen LogP contribution in [0.3, 0.4) is 0 Å². The van der Waals surface area contributed by atoms with Crippen LogP contribution < -0.4 is 16.0 Å². The van der Waals surface area contributed by atoms with Crippen LogP contribution in [-0.4, -0.2) is 50.1 Å². The van der Waals surface area contributed by atoms with Gasteiger partial charge in [0.15, 0.2) is 0 Å². The summed E-state index contributed by atoms with van der Waals surface area (Å²) in [5.74, 6) is 5.56. The van der Waals surface area contributed by atoms with Crippen molar-refractivity contribution in [1.82, 2.24) is 10.3 Å². The van der Waals surface area contributed by atoms with Gasteiger partial charge in [0.2, 0.25) is 5.91 Å². The average molecular weight is 321 g/mol. The molecule has 1 aliphatic rings. The lowest BCUT2D eigenvalue weighted by atomic mass is 9.95. The largest absolute Gasteiger partial charge is 0.491 e. The summed E-state index contributed by atoms with van der Waals surface area (Å²) in [6.07, 6.45) is 1.26. The Hall–Kier alpha value is -2.12. The van der Waals surface area contributed by atoms with Crippen molar-refractivity contribution in [2.45, 2.75) is 12.8 Å². The number of nitrogens with one attached hydrogen (secondary N) is 1. The van der Waals surface area contributed by atoms with E-state index in [4.69, 9.17) is 15.3 Å². The molecular formula is C16H23N3O4. The molecule has 1 aliphatic heterocycles. The third-order valence-corrected chi connectivity index (χ3v) is 3.95. The Balaban J connectivity index is 1.87. The molecule has 0 spiro atoms. The minimum atomic E-state index is -0.158. The Bertz CT molecular complexity index is 525. The van der Waals surface area contributed by atoms with Gasteiger partial charge >= 0.3 is 0 Å². The van der Waals surface area contributed by atoms with Gasteiger partial charge in [0.1, 0.15) is 12.4 Å². The molecule has 1 heterocycles. The van der Waals surface area contributed by atoms with Crippen LogP contribution in [0.1, 0.15) is 23.2 Å². The lowest BCUT2D eigenvalue weighted by molar-refractivity contribution is -0.126. The minimum Gasteiger partial charge on any atom is -0.491 e. The van der Waals surface area contributed by atoms with Crippen molar-refractivity contribution >= 4 is 11.8 Å². The monoisotopic (exact) mass is 321 g/mol. The summed E-state index contributed by atoms with van der Waals surface area (Å²) >= 11 is 0. The average Bonchev–Trinajstić information content (AvgIpc) is 2.61. The predicted molar refractivity (Wildman–Crippen MR) is 84.8 cm³/mol. The second kappa shape index (κ2) is 8.50. The molecule has 7 heteroatoms. The Morgan fingerprint density at radius 1 is 1.22 bits per heavy atom. The number of likely N-dealkylation sites (tertiary alicyclic amines) is 1. The zero-order valence-electron chi connectivity index (χ0n) is 13.3. The number of nitrogens with two attached hydrogens (primary N) is 1. The van der Waals surface area contributed by atoms with Gasteiger partial charge in [-0.15, -0.1) is 0 Å². The summed E-state index contributed by atoms with van der Waals surface area (Å²) in [6, 6.07) is 7.06. The molecule has 0 atom stereocenters. The van der Waals surface area contributed by atoms with Crippen molar-refractivity contribution in [3.63, 3.8) is 0 Å². The zero-order chi connectivity index (χ0) is 16.7. The quantitative estimate of drug-likeness (QED) is 0.345. The van der Waals surface area contributed by atoms with E-state index in [1.807, 2.05) is 0 Å². The van der Waals surface area contributed by atoms with Gasteiger partial charge in [-0.3, -0.25) is 15.0 Å². The molecule has 7 nitrogen and oxygen atoms in total. The third-order valence-electron chi connectivity index (χ3n) is 3.95. The lowest BCUT2D eigenvalue weighted by Gasteiger charge is -2.31. The van der Waals surface area contributed by atoms with Crippen LogP contribution in [-0.2, 0) is 9.53 Å². The maximum atomic E-state index is 12.5. The van der Waals surface area contributed by atoms with Crippen LogP contribution in [0.4, 0.5) is 0 Å². The Labute approximate surface area is 135 Å². The van der Waals surface area contributed by atoms with Gasteiger partial charge in [0, 0.05) is 31.7 Å². The number of hydrogen-bond donors (Lipinski definition) is 2. The molecule has 0 unspecified atom stereocenters. The summed E-state index contributed by atoms with van der Waals surface area (Å²) in [5.41, 5.74) is 2.79. The maximum Gasteiger partial charge on any atom is 0.253 e. The number of benzene rings is 1. The van der Waals surface area contributed by atoms with Gasteiger partial charge in [-0.25, -0.2) is 5.84 Å². The number of rotatable bonds is 6. The van der Waals surface area contributed by atoms with Crippen LogP contribution >= 0.6 is 0 Å². The molecule has 0 bridgehead atoms. The summed E-state index contributed by atoms with van der Waals surface area (Å²) in [5, 5.41) is 0. The van der Waals surface area contributed by atoms with Crippen LogP contribution in [0.25, 0.3) is 0 Å². The van der Waals surface area contributed by atoms with Crippen molar-refractivity contribution in [1.29, 1.82) is 0 Å². The van der Waals surface area contributed by atoms with Crippen molar-refractivity contribution in [2.24, 2.45) is 11.8 Å². The van der Waals surface area contributed by atoms with E-state index in [1.165, 1.54) is 0 Å². The first kappa shape index (κ1) is 17.2. The predicted octanol–water partition coefficient (Wildman–Crippen LogP) is 0.554. The fourth-order valence-electron chi connectivity index (χ4n) is 2.58. The molecular weight excluding hydrogens is 298 g/mol.